The summed E-state index contributed by atoms with van der Waals surface area (Å²) in [5, 5.41) is 9.58. The first-order valence-electron chi connectivity index (χ1n) is 13.4. The maximum absolute atomic E-state index is 11.9. The van der Waals surface area contributed by atoms with Crippen LogP contribution in [-0.4, -0.2) is 24.3 Å². The van der Waals surface area contributed by atoms with Gasteiger partial charge in [-0.1, -0.05) is 111 Å². The van der Waals surface area contributed by atoms with Crippen LogP contribution in [0.4, 0.5) is 0 Å². The van der Waals surface area contributed by atoms with Gasteiger partial charge in [0, 0.05) is 13.0 Å². The average Bonchev–Trinajstić information content (AvgIpc) is 2.76. The van der Waals surface area contributed by atoms with Crippen molar-refractivity contribution in [3.8, 4) is 0 Å². The Balaban J connectivity index is 3.51. The Morgan fingerprint density at radius 3 is 1.70 bits per heavy atom. The molecule has 0 aromatic rings. The number of ether oxygens (including phenoxy) is 1. The molecule has 0 bridgehead atoms. The lowest BCUT2D eigenvalue weighted by Gasteiger charge is -2.14. The minimum absolute atomic E-state index is 0.00886. The number of aliphatic hydroxyl groups excluding tert-OH is 1. The van der Waals surface area contributed by atoms with Crippen LogP contribution in [0.5, 0.6) is 0 Å². The number of unbranched alkanes of at least 4 members (excludes halogenated alkanes) is 11. The smallest absolute Gasteiger partial charge is 0.305 e. The van der Waals surface area contributed by atoms with Crippen molar-refractivity contribution in [1.82, 2.24) is 0 Å². The second-order valence-electron chi connectivity index (χ2n) is 9.36. The van der Waals surface area contributed by atoms with Gasteiger partial charge >= 0.3 is 5.97 Å². The quantitative estimate of drug-likeness (QED) is 0.132. The third kappa shape index (κ3) is 19.4. The zero-order chi connectivity index (χ0) is 22.3. The van der Waals surface area contributed by atoms with Crippen LogP contribution in [0.2, 0.25) is 0 Å². The van der Waals surface area contributed by atoms with Crippen molar-refractivity contribution >= 4 is 5.97 Å². The number of carbonyl (C=O) groups is 1. The molecule has 2 atom stereocenters. The lowest BCUT2D eigenvalue weighted by Crippen LogP contribution is -2.13. The van der Waals surface area contributed by atoms with Gasteiger partial charge in [-0.2, -0.15) is 0 Å². The molecule has 30 heavy (non-hydrogen) atoms. The summed E-state index contributed by atoms with van der Waals surface area (Å²) < 4.78 is 5.47. The van der Waals surface area contributed by atoms with Gasteiger partial charge in [0.25, 0.3) is 0 Å². The molecular formula is C27H54O3. The molecule has 0 heterocycles. The Morgan fingerprint density at radius 1 is 0.667 bits per heavy atom. The number of rotatable bonds is 23. The minimum atomic E-state index is -0.00886. The van der Waals surface area contributed by atoms with E-state index in [2.05, 4.69) is 20.8 Å². The van der Waals surface area contributed by atoms with Crippen LogP contribution in [0.1, 0.15) is 143 Å². The molecule has 0 aromatic carbocycles. The van der Waals surface area contributed by atoms with Crippen LogP contribution < -0.4 is 0 Å². The molecule has 1 N–H and O–H groups in total. The summed E-state index contributed by atoms with van der Waals surface area (Å²) in [6, 6.07) is 0. The van der Waals surface area contributed by atoms with Crippen molar-refractivity contribution in [1.29, 1.82) is 0 Å². The van der Waals surface area contributed by atoms with E-state index in [4.69, 9.17) is 4.74 Å². The molecular weight excluding hydrogens is 372 g/mol. The molecule has 0 rings (SSSR count). The van der Waals surface area contributed by atoms with Gasteiger partial charge in [0.2, 0.25) is 0 Å². The average molecular weight is 427 g/mol. The summed E-state index contributed by atoms with van der Waals surface area (Å²) in [4.78, 5) is 11.9. The fourth-order valence-electron chi connectivity index (χ4n) is 4.13. The minimum Gasteiger partial charge on any atom is -0.465 e. The summed E-state index contributed by atoms with van der Waals surface area (Å²) in [6.07, 6.45) is 22.7. The summed E-state index contributed by atoms with van der Waals surface area (Å²) >= 11 is 0. The van der Waals surface area contributed by atoms with E-state index in [1.54, 1.807) is 0 Å². The van der Waals surface area contributed by atoms with E-state index in [1.807, 2.05) is 0 Å². The zero-order valence-corrected chi connectivity index (χ0v) is 20.8. The first-order valence-corrected chi connectivity index (χ1v) is 13.4. The van der Waals surface area contributed by atoms with Gasteiger partial charge < -0.3 is 9.84 Å². The number of carbonyl (C=O) groups excluding carboxylic acids is 1. The van der Waals surface area contributed by atoms with Crippen LogP contribution >= 0.6 is 0 Å². The van der Waals surface area contributed by atoms with E-state index < -0.39 is 0 Å². The van der Waals surface area contributed by atoms with E-state index in [9.17, 15) is 9.90 Å². The van der Waals surface area contributed by atoms with E-state index in [1.165, 1.54) is 96.3 Å². The molecule has 0 saturated carbocycles. The summed E-state index contributed by atoms with van der Waals surface area (Å²) in [6.45, 7) is 7.62. The SMILES string of the molecule is CCCCCCCCC(CO)CCCCCCCCC(=O)OCC(CC)CCCC. The first kappa shape index (κ1) is 29.4. The Kier molecular flexibility index (Phi) is 22.7. The summed E-state index contributed by atoms with van der Waals surface area (Å²) in [5.41, 5.74) is 0. The molecule has 0 radical (unpaired) electrons. The van der Waals surface area contributed by atoms with E-state index >= 15 is 0 Å². The van der Waals surface area contributed by atoms with Gasteiger partial charge in [0.05, 0.1) is 6.61 Å². The van der Waals surface area contributed by atoms with Gasteiger partial charge in [-0.05, 0) is 37.5 Å². The lowest BCUT2D eigenvalue weighted by atomic mass is 9.95. The molecule has 0 aromatic heterocycles. The third-order valence-corrected chi connectivity index (χ3v) is 6.49. The first-order chi connectivity index (χ1) is 14.7. The van der Waals surface area contributed by atoms with E-state index in [0.29, 0.717) is 31.5 Å². The predicted octanol–water partition coefficient (Wildman–Crippen LogP) is 8.23. The molecule has 0 spiro atoms. The largest absolute Gasteiger partial charge is 0.465 e. The Hall–Kier alpha value is -0.570. The predicted molar refractivity (Wildman–Crippen MR) is 130 cm³/mol. The van der Waals surface area contributed by atoms with Crippen molar-refractivity contribution in [2.45, 2.75) is 143 Å². The molecule has 0 aliphatic heterocycles. The maximum atomic E-state index is 11.9. The molecule has 0 aliphatic rings. The Bertz CT molecular complexity index is 356. The fourth-order valence-corrected chi connectivity index (χ4v) is 4.13. The number of hydrogen-bond acceptors (Lipinski definition) is 3. The van der Waals surface area contributed by atoms with Crippen LogP contribution in [0.25, 0.3) is 0 Å². The van der Waals surface area contributed by atoms with Crippen molar-refractivity contribution in [3.05, 3.63) is 0 Å². The van der Waals surface area contributed by atoms with Crippen LogP contribution in [0.15, 0.2) is 0 Å². The highest BCUT2D eigenvalue weighted by atomic mass is 16.5. The van der Waals surface area contributed by atoms with Crippen LogP contribution in [-0.2, 0) is 9.53 Å². The zero-order valence-electron chi connectivity index (χ0n) is 20.8. The summed E-state index contributed by atoms with van der Waals surface area (Å²) in [7, 11) is 0. The molecule has 3 heteroatoms. The fraction of sp³-hybridized carbons (Fsp3) is 0.963. The highest BCUT2D eigenvalue weighted by Gasteiger charge is 2.10. The molecule has 180 valence electrons. The normalized spacial score (nSPS) is 13.3. The maximum Gasteiger partial charge on any atom is 0.305 e. The topological polar surface area (TPSA) is 46.5 Å². The van der Waals surface area contributed by atoms with Crippen LogP contribution in [0, 0.1) is 11.8 Å². The highest BCUT2D eigenvalue weighted by Crippen LogP contribution is 2.19. The second-order valence-corrected chi connectivity index (χ2v) is 9.36. The Labute approximate surface area is 188 Å². The van der Waals surface area contributed by atoms with Gasteiger partial charge in [0.1, 0.15) is 0 Å². The molecule has 0 fully saturated rings. The van der Waals surface area contributed by atoms with Gasteiger partial charge in [-0.3, -0.25) is 4.79 Å². The summed E-state index contributed by atoms with van der Waals surface area (Å²) in [5.74, 6) is 1.04. The molecule has 0 saturated heterocycles. The van der Waals surface area contributed by atoms with Crippen molar-refractivity contribution < 1.29 is 14.6 Å². The Morgan fingerprint density at radius 2 is 1.17 bits per heavy atom. The standard InChI is InChI=1S/C27H54O3/c1-4-7-9-10-13-16-20-26(23-28)21-17-14-11-12-15-18-22-27(29)30-24-25(6-3)19-8-5-2/h25-26,28H,4-24H2,1-3H3. The van der Waals surface area contributed by atoms with Crippen LogP contribution in [0.3, 0.4) is 0 Å². The molecule has 0 aliphatic carbocycles. The number of esters is 1. The van der Waals surface area contributed by atoms with Crippen molar-refractivity contribution in [2.24, 2.45) is 11.8 Å². The second kappa shape index (κ2) is 23.1. The van der Waals surface area contributed by atoms with Gasteiger partial charge in [-0.15, -0.1) is 0 Å². The molecule has 2 unspecified atom stereocenters. The van der Waals surface area contributed by atoms with Gasteiger partial charge in [-0.25, -0.2) is 0 Å². The number of hydrogen-bond donors (Lipinski definition) is 1. The van der Waals surface area contributed by atoms with E-state index in [-0.39, 0.29) is 5.97 Å². The van der Waals surface area contributed by atoms with Gasteiger partial charge in [0.15, 0.2) is 0 Å². The number of aliphatic hydroxyl groups is 1. The van der Waals surface area contributed by atoms with Crippen molar-refractivity contribution in [3.63, 3.8) is 0 Å². The monoisotopic (exact) mass is 426 g/mol. The molecule has 3 nitrogen and oxygen atoms in total. The highest BCUT2D eigenvalue weighted by molar-refractivity contribution is 5.69. The van der Waals surface area contributed by atoms with E-state index in [0.717, 1.165) is 19.3 Å². The van der Waals surface area contributed by atoms with Crippen molar-refractivity contribution in [2.75, 3.05) is 13.2 Å². The lowest BCUT2D eigenvalue weighted by molar-refractivity contribution is -0.145. The molecule has 0 amide bonds. The third-order valence-electron chi connectivity index (χ3n) is 6.49.